The Morgan fingerprint density at radius 2 is 1.88 bits per heavy atom. The number of benzene rings is 1. The first-order valence-electron chi connectivity index (χ1n) is 7.55. The Bertz CT molecular complexity index is 668. The average molecular weight is 360 g/mol. The second-order valence-electron chi connectivity index (χ2n) is 5.64. The summed E-state index contributed by atoms with van der Waals surface area (Å²) in [4.78, 5) is 7.50. The maximum absolute atomic E-state index is 12.4. The van der Waals surface area contributed by atoms with E-state index in [1.165, 1.54) is 12.1 Å². The van der Waals surface area contributed by atoms with Crippen LogP contribution in [0.4, 0.5) is 18.9 Å². The number of ether oxygens (including phenoxy) is 1. The number of aromatic nitrogens is 1. The van der Waals surface area contributed by atoms with Crippen LogP contribution in [0.15, 0.2) is 36.7 Å². The van der Waals surface area contributed by atoms with E-state index in [0.717, 1.165) is 37.4 Å². The maximum atomic E-state index is 12.4. The molecule has 0 aliphatic carbocycles. The van der Waals surface area contributed by atoms with E-state index in [9.17, 15) is 13.2 Å². The van der Waals surface area contributed by atoms with E-state index < -0.39 is 6.36 Å². The molecule has 0 bridgehead atoms. The van der Waals surface area contributed by atoms with Gasteiger partial charge in [0.15, 0.2) is 0 Å². The van der Waals surface area contributed by atoms with E-state index in [-0.39, 0.29) is 10.8 Å². The number of aromatic amines is 1. The van der Waals surface area contributed by atoms with E-state index in [1.54, 1.807) is 6.07 Å². The van der Waals surface area contributed by atoms with Crippen LogP contribution in [0, 0.1) is 0 Å². The van der Waals surface area contributed by atoms with Crippen molar-refractivity contribution in [1.82, 2.24) is 9.88 Å². The van der Waals surface area contributed by atoms with Crippen molar-refractivity contribution in [1.29, 1.82) is 0 Å². The molecule has 1 saturated heterocycles. The molecule has 8 heteroatoms. The lowest BCUT2D eigenvalue weighted by Crippen LogP contribution is -2.45. The first kappa shape index (κ1) is 17.0. The number of nitrogens with one attached hydrogen (secondary N) is 1. The second-order valence-corrected chi connectivity index (χ2v) is 6.05. The van der Waals surface area contributed by atoms with E-state index in [4.69, 9.17) is 11.6 Å². The van der Waals surface area contributed by atoms with Crippen LogP contribution in [0.25, 0.3) is 0 Å². The van der Waals surface area contributed by atoms with Gasteiger partial charge >= 0.3 is 6.36 Å². The molecule has 1 aliphatic heterocycles. The van der Waals surface area contributed by atoms with Gasteiger partial charge in [-0.1, -0.05) is 17.7 Å². The van der Waals surface area contributed by atoms with Crippen LogP contribution in [0.5, 0.6) is 5.75 Å². The van der Waals surface area contributed by atoms with Gasteiger partial charge in [0.1, 0.15) is 5.75 Å². The highest BCUT2D eigenvalue weighted by atomic mass is 35.5. The molecule has 0 unspecified atom stereocenters. The monoisotopic (exact) mass is 359 g/mol. The second kappa shape index (κ2) is 6.94. The molecule has 1 fully saturated rings. The van der Waals surface area contributed by atoms with E-state index in [1.807, 2.05) is 18.5 Å². The number of H-pyrrole nitrogens is 1. The SMILES string of the molecule is FC(F)(F)Oc1cc(CN2CCN(c3cc[nH]c3)CC2)ccc1Cl. The Labute approximate surface area is 142 Å². The summed E-state index contributed by atoms with van der Waals surface area (Å²) in [5, 5.41) is -0.0478. The number of rotatable bonds is 4. The fraction of sp³-hybridized carbons (Fsp3) is 0.375. The molecule has 3 rings (SSSR count). The topological polar surface area (TPSA) is 31.5 Å². The molecular formula is C16H17ClF3N3O. The molecule has 1 aliphatic rings. The van der Waals surface area contributed by atoms with Crippen LogP contribution >= 0.6 is 11.6 Å². The summed E-state index contributed by atoms with van der Waals surface area (Å²) in [7, 11) is 0. The van der Waals surface area contributed by atoms with Crippen molar-refractivity contribution >= 4 is 17.3 Å². The summed E-state index contributed by atoms with van der Waals surface area (Å²) in [6.07, 6.45) is -0.905. The molecule has 130 valence electrons. The van der Waals surface area contributed by atoms with Gasteiger partial charge in [-0.05, 0) is 23.8 Å². The van der Waals surface area contributed by atoms with Gasteiger partial charge in [0.2, 0.25) is 0 Å². The Morgan fingerprint density at radius 1 is 1.12 bits per heavy atom. The highest BCUT2D eigenvalue weighted by Crippen LogP contribution is 2.31. The van der Waals surface area contributed by atoms with Gasteiger partial charge in [-0.2, -0.15) is 0 Å². The fourth-order valence-electron chi connectivity index (χ4n) is 2.78. The third-order valence-electron chi connectivity index (χ3n) is 3.95. The van der Waals surface area contributed by atoms with Crippen LogP contribution in [0.2, 0.25) is 5.02 Å². The molecule has 1 aromatic heterocycles. The summed E-state index contributed by atoms with van der Waals surface area (Å²) in [6, 6.07) is 6.54. The van der Waals surface area contributed by atoms with Crippen LogP contribution < -0.4 is 9.64 Å². The average Bonchev–Trinajstić information content (AvgIpc) is 3.04. The predicted molar refractivity (Wildman–Crippen MR) is 86.4 cm³/mol. The molecular weight excluding hydrogens is 343 g/mol. The number of alkyl halides is 3. The number of piperazine rings is 1. The number of halogens is 4. The quantitative estimate of drug-likeness (QED) is 0.898. The molecule has 2 heterocycles. The summed E-state index contributed by atoms with van der Waals surface area (Å²) in [6.45, 7) is 3.98. The van der Waals surface area contributed by atoms with Crippen molar-refractivity contribution in [3.63, 3.8) is 0 Å². The fourth-order valence-corrected chi connectivity index (χ4v) is 2.94. The highest BCUT2D eigenvalue weighted by molar-refractivity contribution is 6.32. The van der Waals surface area contributed by atoms with Gasteiger partial charge in [0.05, 0.1) is 10.7 Å². The Balaban J connectivity index is 1.60. The smallest absolute Gasteiger partial charge is 0.404 e. The number of nitrogens with zero attached hydrogens (tertiary/aromatic N) is 2. The first-order chi connectivity index (χ1) is 11.4. The molecule has 0 amide bonds. The number of hydrogen-bond donors (Lipinski definition) is 1. The minimum atomic E-state index is -4.75. The van der Waals surface area contributed by atoms with Gasteiger partial charge in [-0.3, -0.25) is 4.90 Å². The van der Waals surface area contributed by atoms with Crippen molar-refractivity contribution in [2.24, 2.45) is 0 Å². The lowest BCUT2D eigenvalue weighted by molar-refractivity contribution is -0.274. The van der Waals surface area contributed by atoms with Gasteiger partial charge in [0, 0.05) is 45.1 Å². The van der Waals surface area contributed by atoms with Crippen molar-refractivity contribution in [3.05, 3.63) is 47.2 Å². The highest BCUT2D eigenvalue weighted by Gasteiger charge is 2.32. The van der Waals surface area contributed by atoms with Crippen LogP contribution in [-0.2, 0) is 6.54 Å². The Morgan fingerprint density at radius 3 is 2.50 bits per heavy atom. The molecule has 2 aromatic rings. The zero-order valence-corrected chi connectivity index (χ0v) is 13.6. The van der Waals surface area contributed by atoms with Crippen LogP contribution in [-0.4, -0.2) is 42.4 Å². The van der Waals surface area contributed by atoms with E-state index >= 15 is 0 Å². The molecule has 0 spiro atoms. The third-order valence-corrected chi connectivity index (χ3v) is 4.26. The minimum absolute atomic E-state index is 0.0478. The lowest BCUT2D eigenvalue weighted by Gasteiger charge is -2.35. The standard InChI is InChI=1S/C16H17ClF3N3O/c17-14-2-1-12(9-15(14)24-16(18,19)20)11-22-5-7-23(8-6-22)13-3-4-21-10-13/h1-4,9-10,21H,5-8,11H2. The predicted octanol–water partition coefficient (Wildman–Crippen LogP) is 3.89. The Kier molecular flexibility index (Phi) is 4.91. The van der Waals surface area contributed by atoms with Crippen molar-refractivity contribution in [3.8, 4) is 5.75 Å². The summed E-state index contributed by atoms with van der Waals surface area (Å²) < 4.78 is 41.1. The summed E-state index contributed by atoms with van der Waals surface area (Å²) >= 11 is 5.77. The summed E-state index contributed by atoms with van der Waals surface area (Å²) in [5.74, 6) is -0.354. The van der Waals surface area contributed by atoms with Gasteiger partial charge in [0.25, 0.3) is 0 Å². The minimum Gasteiger partial charge on any atom is -0.404 e. The van der Waals surface area contributed by atoms with Gasteiger partial charge in [-0.25, -0.2) is 0 Å². The molecule has 0 saturated carbocycles. The zero-order valence-electron chi connectivity index (χ0n) is 12.8. The lowest BCUT2D eigenvalue weighted by atomic mass is 10.2. The molecule has 1 N–H and O–H groups in total. The van der Waals surface area contributed by atoms with Crippen molar-refractivity contribution in [2.75, 3.05) is 31.1 Å². The molecule has 1 aromatic carbocycles. The molecule has 0 radical (unpaired) electrons. The largest absolute Gasteiger partial charge is 0.573 e. The summed E-state index contributed by atoms with van der Waals surface area (Å²) in [5.41, 5.74) is 1.90. The van der Waals surface area contributed by atoms with E-state index in [0.29, 0.717) is 6.54 Å². The molecule has 24 heavy (non-hydrogen) atoms. The van der Waals surface area contributed by atoms with Crippen LogP contribution in [0.1, 0.15) is 5.56 Å². The molecule has 0 atom stereocenters. The van der Waals surface area contributed by atoms with Gasteiger partial charge < -0.3 is 14.6 Å². The number of hydrogen-bond acceptors (Lipinski definition) is 3. The van der Waals surface area contributed by atoms with E-state index in [2.05, 4.69) is 19.5 Å². The zero-order chi connectivity index (χ0) is 17.2. The molecule has 4 nitrogen and oxygen atoms in total. The van der Waals surface area contributed by atoms with Gasteiger partial charge in [-0.15, -0.1) is 13.2 Å². The van der Waals surface area contributed by atoms with Crippen LogP contribution in [0.3, 0.4) is 0 Å². The Hall–Kier alpha value is -1.86. The normalized spacial score (nSPS) is 16.4. The van der Waals surface area contributed by atoms with Crippen molar-refractivity contribution < 1.29 is 17.9 Å². The third kappa shape index (κ3) is 4.36. The number of anilines is 1. The van der Waals surface area contributed by atoms with Crippen molar-refractivity contribution in [2.45, 2.75) is 12.9 Å². The maximum Gasteiger partial charge on any atom is 0.573 e. The first-order valence-corrected chi connectivity index (χ1v) is 7.93.